The molecule has 10 heavy (non-hydrogen) atoms. The van der Waals surface area contributed by atoms with E-state index in [0.717, 1.165) is 6.08 Å². The topological polar surface area (TPSA) is 63.6 Å². The number of carboxylic acid groups (broad SMARTS) is 1. The van der Waals surface area contributed by atoms with Gasteiger partial charge >= 0.3 is 5.97 Å². The van der Waals surface area contributed by atoms with Gasteiger partial charge in [-0.2, -0.15) is 0 Å². The molecule has 0 spiro atoms. The summed E-state index contributed by atoms with van der Waals surface area (Å²) in [6.07, 6.45) is 0.919. The Morgan fingerprint density at radius 1 is 1.50 bits per heavy atom. The Morgan fingerprint density at radius 3 is 2.10 bits per heavy atom. The quantitative estimate of drug-likeness (QED) is 0.453. The van der Waals surface area contributed by atoms with Crippen LogP contribution in [0.4, 0.5) is 0 Å². The molecule has 1 N–H and O–H groups in total. The molecule has 4 heteroatoms. The molecule has 0 atom stereocenters. The molecular formula is C6H8O4. The van der Waals surface area contributed by atoms with E-state index < -0.39 is 5.97 Å². The van der Waals surface area contributed by atoms with Crippen LogP contribution in [0.25, 0.3) is 0 Å². The Labute approximate surface area is 58.1 Å². The van der Waals surface area contributed by atoms with E-state index in [4.69, 9.17) is 5.11 Å². The molecule has 0 heterocycles. The number of carbonyl (C=O) groups is 2. The van der Waals surface area contributed by atoms with Gasteiger partial charge in [0.2, 0.25) is 5.76 Å². The van der Waals surface area contributed by atoms with Crippen LogP contribution in [-0.2, 0) is 14.3 Å². The first-order chi connectivity index (χ1) is 4.57. The van der Waals surface area contributed by atoms with E-state index in [-0.39, 0.29) is 11.5 Å². The van der Waals surface area contributed by atoms with Gasteiger partial charge in [-0.25, -0.2) is 4.79 Å². The molecule has 0 aromatic rings. The minimum atomic E-state index is -1.24. The highest BCUT2D eigenvalue weighted by molar-refractivity contribution is 5.96. The number of aliphatic carboxylic acids is 1. The SMILES string of the molecule is CO/C(=C\C(C)=O)C(=O)O. The summed E-state index contributed by atoms with van der Waals surface area (Å²) in [5, 5.41) is 8.28. The zero-order valence-electron chi connectivity index (χ0n) is 5.75. The average Bonchev–Trinajstić information content (AvgIpc) is 1.81. The molecule has 0 radical (unpaired) electrons. The smallest absolute Gasteiger partial charge is 0.371 e. The van der Waals surface area contributed by atoms with Crippen LogP contribution in [0.5, 0.6) is 0 Å². The summed E-state index contributed by atoms with van der Waals surface area (Å²) < 4.78 is 4.36. The third kappa shape index (κ3) is 2.86. The van der Waals surface area contributed by atoms with Gasteiger partial charge < -0.3 is 9.84 Å². The zero-order valence-corrected chi connectivity index (χ0v) is 5.75. The summed E-state index contributed by atoms with van der Waals surface area (Å²) in [7, 11) is 1.20. The number of carboxylic acids is 1. The third-order valence-electron chi connectivity index (χ3n) is 0.765. The first kappa shape index (κ1) is 8.68. The maximum absolute atomic E-state index is 10.3. The number of ether oxygens (including phenoxy) is 1. The molecule has 0 aromatic carbocycles. The molecule has 0 saturated heterocycles. The summed E-state index contributed by atoms with van der Waals surface area (Å²) in [5.41, 5.74) is 0. The van der Waals surface area contributed by atoms with E-state index in [1.807, 2.05) is 0 Å². The number of allylic oxidation sites excluding steroid dienone is 1. The van der Waals surface area contributed by atoms with Crippen LogP contribution >= 0.6 is 0 Å². The number of ketones is 1. The van der Waals surface area contributed by atoms with Crippen molar-refractivity contribution >= 4 is 11.8 Å². The largest absolute Gasteiger partial charge is 0.490 e. The lowest BCUT2D eigenvalue weighted by Gasteiger charge is -1.96. The second kappa shape index (κ2) is 3.66. The maximum Gasteiger partial charge on any atom is 0.371 e. The lowest BCUT2D eigenvalue weighted by Crippen LogP contribution is -2.04. The van der Waals surface area contributed by atoms with Crippen molar-refractivity contribution in [2.75, 3.05) is 7.11 Å². The summed E-state index contributed by atoms with van der Waals surface area (Å²) >= 11 is 0. The summed E-state index contributed by atoms with van der Waals surface area (Å²) in [4.78, 5) is 20.4. The molecule has 0 bridgehead atoms. The van der Waals surface area contributed by atoms with Crippen molar-refractivity contribution in [1.82, 2.24) is 0 Å². The predicted octanol–water partition coefficient (Wildman–Crippen LogP) is 0.190. The molecule has 0 unspecified atom stereocenters. The number of hydrogen-bond donors (Lipinski definition) is 1. The van der Waals surface area contributed by atoms with E-state index in [9.17, 15) is 9.59 Å². The highest BCUT2D eigenvalue weighted by atomic mass is 16.5. The number of rotatable bonds is 3. The molecule has 0 aliphatic rings. The summed E-state index contributed by atoms with van der Waals surface area (Å²) in [5.74, 6) is -1.93. The number of methoxy groups -OCH3 is 1. The van der Waals surface area contributed by atoms with Gasteiger partial charge in [0.25, 0.3) is 0 Å². The highest BCUT2D eigenvalue weighted by Crippen LogP contribution is 1.94. The van der Waals surface area contributed by atoms with Crippen LogP contribution in [-0.4, -0.2) is 24.0 Å². The van der Waals surface area contributed by atoms with Gasteiger partial charge in [-0.05, 0) is 6.92 Å². The Hall–Kier alpha value is -1.32. The van der Waals surface area contributed by atoms with E-state index in [1.54, 1.807) is 0 Å². The fourth-order valence-electron chi connectivity index (χ4n) is 0.393. The van der Waals surface area contributed by atoms with E-state index in [0.29, 0.717) is 0 Å². The minimum absolute atomic E-state index is 0.340. The van der Waals surface area contributed by atoms with E-state index >= 15 is 0 Å². The Morgan fingerprint density at radius 2 is 2.00 bits per heavy atom. The first-order valence-corrected chi connectivity index (χ1v) is 2.57. The van der Waals surface area contributed by atoms with Gasteiger partial charge in [-0.1, -0.05) is 0 Å². The van der Waals surface area contributed by atoms with Gasteiger partial charge in [0, 0.05) is 6.08 Å². The number of carbonyl (C=O) groups excluding carboxylic acids is 1. The molecule has 0 saturated carbocycles. The van der Waals surface area contributed by atoms with Crippen LogP contribution in [0.1, 0.15) is 6.92 Å². The van der Waals surface area contributed by atoms with Crippen molar-refractivity contribution in [3.63, 3.8) is 0 Å². The van der Waals surface area contributed by atoms with Gasteiger partial charge in [0.15, 0.2) is 5.78 Å². The molecule has 0 aromatic heterocycles. The summed E-state index contributed by atoms with van der Waals surface area (Å²) in [6, 6.07) is 0. The van der Waals surface area contributed by atoms with Gasteiger partial charge in [0.05, 0.1) is 7.11 Å². The molecule has 0 aliphatic carbocycles. The van der Waals surface area contributed by atoms with Crippen molar-refractivity contribution in [2.24, 2.45) is 0 Å². The van der Waals surface area contributed by atoms with E-state index in [2.05, 4.69) is 4.74 Å². The van der Waals surface area contributed by atoms with Crippen molar-refractivity contribution in [2.45, 2.75) is 6.92 Å². The highest BCUT2D eigenvalue weighted by Gasteiger charge is 2.06. The minimum Gasteiger partial charge on any atom is -0.490 e. The third-order valence-corrected chi connectivity index (χ3v) is 0.765. The Kier molecular flexibility index (Phi) is 3.17. The predicted molar refractivity (Wildman–Crippen MR) is 33.4 cm³/mol. The zero-order chi connectivity index (χ0) is 8.15. The molecular weight excluding hydrogens is 136 g/mol. The van der Waals surface area contributed by atoms with Crippen LogP contribution in [0, 0.1) is 0 Å². The Bertz CT molecular complexity index is 180. The second-order valence-electron chi connectivity index (χ2n) is 1.63. The van der Waals surface area contributed by atoms with Crippen molar-refractivity contribution in [3.05, 3.63) is 11.8 Å². The standard InChI is InChI=1S/C6H8O4/c1-4(7)3-5(10-2)6(8)9/h3H,1-2H3,(H,8,9)/b5-3-. The van der Waals surface area contributed by atoms with Crippen LogP contribution in [0.3, 0.4) is 0 Å². The second-order valence-corrected chi connectivity index (χ2v) is 1.63. The van der Waals surface area contributed by atoms with Crippen molar-refractivity contribution in [3.8, 4) is 0 Å². The van der Waals surface area contributed by atoms with E-state index in [1.165, 1.54) is 14.0 Å². The van der Waals surface area contributed by atoms with Gasteiger partial charge in [-0.15, -0.1) is 0 Å². The molecule has 0 rings (SSSR count). The lowest BCUT2D eigenvalue weighted by molar-refractivity contribution is -0.136. The fourth-order valence-corrected chi connectivity index (χ4v) is 0.393. The number of hydrogen-bond acceptors (Lipinski definition) is 3. The van der Waals surface area contributed by atoms with Crippen LogP contribution in [0.2, 0.25) is 0 Å². The van der Waals surface area contributed by atoms with Gasteiger partial charge in [0.1, 0.15) is 0 Å². The maximum atomic E-state index is 10.3. The van der Waals surface area contributed by atoms with Crippen molar-refractivity contribution < 1.29 is 19.4 Å². The molecule has 0 amide bonds. The molecule has 0 fully saturated rings. The monoisotopic (exact) mass is 144 g/mol. The molecule has 4 nitrogen and oxygen atoms in total. The molecule has 0 aliphatic heterocycles. The lowest BCUT2D eigenvalue weighted by atomic mass is 10.3. The summed E-state index contributed by atoms with van der Waals surface area (Å²) in [6.45, 7) is 1.25. The first-order valence-electron chi connectivity index (χ1n) is 2.57. The Balaban J connectivity index is 4.34. The van der Waals surface area contributed by atoms with Crippen LogP contribution in [0.15, 0.2) is 11.8 Å². The normalized spacial score (nSPS) is 10.8. The van der Waals surface area contributed by atoms with Crippen molar-refractivity contribution in [1.29, 1.82) is 0 Å². The fraction of sp³-hybridized carbons (Fsp3) is 0.333. The molecule has 56 valence electrons. The average molecular weight is 144 g/mol. The van der Waals surface area contributed by atoms with Gasteiger partial charge in [-0.3, -0.25) is 4.79 Å². The van der Waals surface area contributed by atoms with Crippen LogP contribution < -0.4 is 0 Å².